The summed E-state index contributed by atoms with van der Waals surface area (Å²) in [6, 6.07) is 7.55. The summed E-state index contributed by atoms with van der Waals surface area (Å²) in [6.07, 6.45) is 0. The molecule has 0 spiro atoms. The van der Waals surface area contributed by atoms with Gasteiger partial charge in [0.15, 0.2) is 0 Å². The van der Waals surface area contributed by atoms with Crippen LogP contribution in [0, 0.1) is 0 Å². The molecule has 0 saturated carbocycles. The maximum absolute atomic E-state index is 6.04. The fourth-order valence-corrected chi connectivity index (χ4v) is 1.65. The maximum atomic E-state index is 6.04. The molecule has 0 radical (unpaired) electrons. The number of rotatable bonds is 3. The summed E-state index contributed by atoms with van der Waals surface area (Å²) in [5, 5.41) is 0.685. The van der Waals surface area contributed by atoms with E-state index in [0.717, 1.165) is 5.56 Å². The molecular formula is C10H14ClNO. The summed E-state index contributed by atoms with van der Waals surface area (Å²) in [5.74, 6) is 0. The van der Waals surface area contributed by atoms with Gasteiger partial charge in [-0.15, -0.1) is 0 Å². The average Bonchev–Trinajstić information content (AvgIpc) is 2.04. The molecular weight excluding hydrogens is 186 g/mol. The smallest absolute Gasteiger partial charge is 0.0682 e. The van der Waals surface area contributed by atoms with Crippen molar-refractivity contribution < 1.29 is 4.74 Å². The van der Waals surface area contributed by atoms with E-state index < -0.39 is 5.54 Å². The van der Waals surface area contributed by atoms with Gasteiger partial charge in [0.1, 0.15) is 0 Å². The van der Waals surface area contributed by atoms with Crippen LogP contribution in [0.25, 0.3) is 0 Å². The molecule has 0 amide bonds. The summed E-state index contributed by atoms with van der Waals surface area (Å²) in [5.41, 5.74) is 6.43. The molecule has 0 aromatic heterocycles. The van der Waals surface area contributed by atoms with Gasteiger partial charge in [-0.25, -0.2) is 0 Å². The Bertz CT molecular complexity index is 286. The lowest BCUT2D eigenvalue weighted by Crippen LogP contribution is -2.38. The molecule has 1 aromatic carbocycles. The predicted octanol–water partition coefficient (Wildman–Crippen LogP) is 2.16. The molecule has 0 saturated heterocycles. The highest BCUT2D eigenvalue weighted by Gasteiger charge is 2.23. The Balaban J connectivity index is 2.99. The molecule has 2 N–H and O–H groups in total. The molecule has 0 fully saturated rings. The lowest BCUT2D eigenvalue weighted by atomic mass is 9.94. The number of hydrogen-bond donors (Lipinski definition) is 1. The number of nitrogens with two attached hydrogens (primary N) is 1. The minimum atomic E-state index is -0.521. The first-order valence-electron chi connectivity index (χ1n) is 4.11. The molecule has 1 aromatic rings. The van der Waals surface area contributed by atoms with Crippen molar-refractivity contribution in [1.82, 2.24) is 0 Å². The zero-order valence-electron chi connectivity index (χ0n) is 7.88. The third-order valence-corrected chi connectivity index (χ3v) is 2.26. The zero-order valence-corrected chi connectivity index (χ0v) is 8.64. The van der Waals surface area contributed by atoms with E-state index in [-0.39, 0.29) is 0 Å². The third kappa shape index (κ3) is 2.44. The van der Waals surface area contributed by atoms with E-state index in [1.165, 1.54) is 0 Å². The van der Waals surface area contributed by atoms with Gasteiger partial charge >= 0.3 is 0 Å². The summed E-state index contributed by atoms with van der Waals surface area (Å²) in [7, 11) is 1.63. The van der Waals surface area contributed by atoms with Crippen LogP contribution in [0.15, 0.2) is 24.3 Å². The van der Waals surface area contributed by atoms with Crippen molar-refractivity contribution in [3.05, 3.63) is 34.9 Å². The standard InChI is InChI=1S/C10H14ClNO/c1-10(12,7-13-2)8-5-3-4-6-9(8)11/h3-6H,7,12H2,1-2H3. The normalized spacial score (nSPS) is 15.4. The second-order valence-electron chi connectivity index (χ2n) is 3.33. The van der Waals surface area contributed by atoms with E-state index in [4.69, 9.17) is 22.1 Å². The lowest BCUT2D eigenvalue weighted by molar-refractivity contribution is 0.141. The summed E-state index contributed by atoms with van der Waals surface area (Å²) < 4.78 is 5.03. The van der Waals surface area contributed by atoms with Crippen molar-refractivity contribution in [2.24, 2.45) is 5.73 Å². The largest absolute Gasteiger partial charge is 0.382 e. The molecule has 0 aliphatic carbocycles. The first-order valence-corrected chi connectivity index (χ1v) is 4.48. The highest BCUT2D eigenvalue weighted by atomic mass is 35.5. The molecule has 2 nitrogen and oxygen atoms in total. The lowest BCUT2D eigenvalue weighted by Gasteiger charge is -2.25. The highest BCUT2D eigenvalue weighted by Crippen LogP contribution is 2.25. The van der Waals surface area contributed by atoms with Gasteiger partial charge in [0.05, 0.1) is 12.1 Å². The van der Waals surface area contributed by atoms with Crippen LogP contribution in [0.1, 0.15) is 12.5 Å². The van der Waals surface area contributed by atoms with Crippen molar-refractivity contribution in [1.29, 1.82) is 0 Å². The number of ether oxygens (including phenoxy) is 1. The van der Waals surface area contributed by atoms with Crippen LogP contribution >= 0.6 is 11.6 Å². The predicted molar refractivity (Wildman–Crippen MR) is 54.9 cm³/mol. The Morgan fingerprint density at radius 3 is 2.62 bits per heavy atom. The Labute approximate surface area is 83.6 Å². The van der Waals surface area contributed by atoms with Gasteiger partial charge in [0.2, 0.25) is 0 Å². The van der Waals surface area contributed by atoms with Crippen LogP contribution in [0.4, 0.5) is 0 Å². The van der Waals surface area contributed by atoms with E-state index >= 15 is 0 Å². The Morgan fingerprint density at radius 1 is 1.46 bits per heavy atom. The first-order chi connectivity index (χ1) is 6.08. The number of methoxy groups -OCH3 is 1. The average molecular weight is 200 g/mol. The van der Waals surface area contributed by atoms with Crippen LogP contribution in [0.2, 0.25) is 5.02 Å². The van der Waals surface area contributed by atoms with Gasteiger partial charge in [0, 0.05) is 12.1 Å². The van der Waals surface area contributed by atoms with Crippen molar-refractivity contribution in [2.75, 3.05) is 13.7 Å². The SMILES string of the molecule is COCC(C)(N)c1ccccc1Cl. The van der Waals surface area contributed by atoms with Crippen molar-refractivity contribution in [3.63, 3.8) is 0 Å². The summed E-state index contributed by atoms with van der Waals surface area (Å²) in [4.78, 5) is 0. The monoisotopic (exact) mass is 199 g/mol. The van der Waals surface area contributed by atoms with Gasteiger partial charge in [-0.2, -0.15) is 0 Å². The molecule has 0 bridgehead atoms. The van der Waals surface area contributed by atoms with Gasteiger partial charge < -0.3 is 10.5 Å². The summed E-state index contributed by atoms with van der Waals surface area (Å²) in [6.45, 7) is 2.36. The minimum absolute atomic E-state index is 0.455. The molecule has 0 heterocycles. The molecule has 1 rings (SSSR count). The molecule has 0 aliphatic rings. The van der Waals surface area contributed by atoms with Crippen LogP contribution in [-0.4, -0.2) is 13.7 Å². The number of halogens is 1. The number of benzene rings is 1. The van der Waals surface area contributed by atoms with E-state index in [1.807, 2.05) is 31.2 Å². The Morgan fingerprint density at radius 2 is 2.08 bits per heavy atom. The topological polar surface area (TPSA) is 35.2 Å². The zero-order chi connectivity index (χ0) is 9.90. The van der Waals surface area contributed by atoms with Gasteiger partial charge in [0.25, 0.3) is 0 Å². The van der Waals surface area contributed by atoms with Crippen molar-refractivity contribution in [3.8, 4) is 0 Å². The van der Waals surface area contributed by atoms with Gasteiger partial charge in [-0.05, 0) is 18.6 Å². The van der Waals surface area contributed by atoms with Gasteiger partial charge in [-0.3, -0.25) is 0 Å². The summed E-state index contributed by atoms with van der Waals surface area (Å²) >= 11 is 6.01. The third-order valence-electron chi connectivity index (χ3n) is 1.93. The molecule has 13 heavy (non-hydrogen) atoms. The highest BCUT2D eigenvalue weighted by molar-refractivity contribution is 6.31. The second-order valence-corrected chi connectivity index (χ2v) is 3.74. The van der Waals surface area contributed by atoms with Crippen LogP contribution in [-0.2, 0) is 10.3 Å². The Kier molecular flexibility index (Phi) is 3.31. The van der Waals surface area contributed by atoms with E-state index in [2.05, 4.69) is 0 Å². The van der Waals surface area contributed by atoms with E-state index in [1.54, 1.807) is 7.11 Å². The molecule has 72 valence electrons. The van der Waals surface area contributed by atoms with Crippen LogP contribution in [0.3, 0.4) is 0 Å². The fraction of sp³-hybridized carbons (Fsp3) is 0.400. The van der Waals surface area contributed by atoms with E-state index in [9.17, 15) is 0 Å². The first kappa shape index (κ1) is 10.5. The quantitative estimate of drug-likeness (QED) is 0.810. The van der Waals surface area contributed by atoms with Crippen LogP contribution in [0.5, 0.6) is 0 Å². The van der Waals surface area contributed by atoms with Crippen molar-refractivity contribution in [2.45, 2.75) is 12.5 Å². The molecule has 1 atom stereocenters. The second kappa shape index (κ2) is 4.09. The molecule has 3 heteroatoms. The Hall–Kier alpha value is -0.570. The van der Waals surface area contributed by atoms with E-state index in [0.29, 0.717) is 11.6 Å². The maximum Gasteiger partial charge on any atom is 0.0682 e. The molecule has 0 aliphatic heterocycles. The minimum Gasteiger partial charge on any atom is -0.382 e. The molecule has 1 unspecified atom stereocenters. The number of hydrogen-bond acceptors (Lipinski definition) is 2. The fourth-order valence-electron chi connectivity index (χ4n) is 1.30. The van der Waals surface area contributed by atoms with Crippen molar-refractivity contribution >= 4 is 11.6 Å². The van der Waals surface area contributed by atoms with Crippen LogP contribution < -0.4 is 5.73 Å². The van der Waals surface area contributed by atoms with Gasteiger partial charge in [-0.1, -0.05) is 29.8 Å².